The molecule has 1 aliphatic rings. The lowest BCUT2D eigenvalue weighted by atomic mass is 10.2. The molecule has 1 atom stereocenters. The van der Waals surface area contributed by atoms with Gasteiger partial charge in [-0.2, -0.15) is 0 Å². The third kappa shape index (κ3) is 2.88. The van der Waals surface area contributed by atoms with Crippen LogP contribution in [0, 0.1) is 5.92 Å². The molecule has 1 fully saturated rings. The van der Waals surface area contributed by atoms with E-state index in [1.54, 1.807) is 13.0 Å². The monoisotopic (exact) mass is 289 g/mol. The van der Waals surface area contributed by atoms with Gasteiger partial charge in [0.05, 0.1) is 11.6 Å². The van der Waals surface area contributed by atoms with Gasteiger partial charge in [0.1, 0.15) is 18.1 Å². The first-order chi connectivity index (χ1) is 10.1. The first-order valence-corrected chi connectivity index (χ1v) is 7.22. The van der Waals surface area contributed by atoms with Gasteiger partial charge in [-0.05, 0) is 37.8 Å². The second kappa shape index (κ2) is 5.41. The molecule has 1 aromatic heterocycles. The summed E-state index contributed by atoms with van der Waals surface area (Å²) in [4.78, 5) is 11.5. The SMILES string of the molecule is CC(O)COc1cccc2cc(C(=O)O)n(CC3CC3)c12. The van der Waals surface area contributed by atoms with Gasteiger partial charge < -0.3 is 19.5 Å². The molecule has 1 saturated carbocycles. The Hall–Kier alpha value is -2.01. The molecule has 1 aromatic carbocycles. The number of rotatable bonds is 6. The molecule has 21 heavy (non-hydrogen) atoms. The molecule has 2 N–H and O–H groups in total. The molecule has 0 radical (unpaired) electrons. The second-order valence-corrected chi connectivity index (χ2v) is 5.74. The fraction of sp³-hybridized carbons (Fsp3) is 0.438. The van der Waals surface area contributed by atoms with Crippen LogP contribution in [-0.2, 0) is 6.54 Å². The number of carbonyl (C=O) groups is 1. The van der Waals surface area contributed by atoms with Crippen molar-refractivity contribution in [2.45, 2.75) is 32.4 Å². The van der Waals surface area contributed by atoms with Crippen molar-refractivity contribution in [3.8, 4) is 5.75 Å². The number of para-hydroxylation sites is 1. The van der Waals surface area contributed by atoms with Crippen molar-refractivity contribution in [2.24, 2.45) is 5.92 Å². The van der Waals surface area contributed by atoms with Crippen molar-refractivity contribution in [3.63, 3.8) is 0 Å². The lowest BCUT2D eigenvalue weighted by molar-refractivity contribution is 0.0685. The van der Waals surface area contributed by atoms with Crippen LogP contribution in [0.5, 0.6) is 5.75 Å². The summed E-state index contributed by atoms with van der Waals surface area (Å²) in [6.07, 6.45) is 1.73. The lowest BCUT2D eigenvalue weighted by Gasteiger charge is -2.13. The average molecular weight is 289 g/mol. The minimum absolute atomic E-state index is 0.191. The van der Waals surface area contributed by atoms with Crippen LogP contribution in [0.3, 0.4) is 0 Å². The van der Waals surface area contributed by atoms with Crippen molar-refractivity contribution >= 4 is 16.9 Å². The summed E-state index contributed by atoms with van der Waals surface area (Å²) in [5, 5.41) is 19.6. The molecule has 0 spiro atoms. The Morgan fingerprint density at radius 2 is 2.24 bits per heavy atom. The van der Waals surface area contributed by atoms with Crippen molar-refractivity contribution in [1.82, 2.24) is 4.57 Å². The van der Waals surface area contributed by atoms with Gasteiger partial charge in [-0.25, -0.2) is 4.79 Å². The quantitative estimate of drug-likeness (QED) is 0.857. The van der Waals surface area contributed by atoms with Crippen molar-refractivity contribution in [2.75, 3.05) is 6.61 Å². The Balaban J connectivity index is 2.07. The fourth-order valence-corrected chi connectivity index (χ4v) is 2.54. The van der Waals surface area contributed by atoms with E-state index in [1.807, 2.05) is 22.8 Å². The Morgan fingerprint density at radius 1 is 1.48 bits per heavy atom. The highest BCUT2D eigenvalue weighted by Crippen LogP contribution is 2.35. The van der Waals surface area contributed by atoms with Gasteiger partial charge in [0, 0.05) is 11.9 Å². The molecular weight excluding hydrogens is 270 g/mol. The van der Waals surface area contributed by atoms with Gasteiger partial charge >= 0.3 is 5.97 Å². The number of ether oxygens (including phenoxy) is 1. The number of carboxylic acids is 1. The summed E-state index contributed by atoms with van der Waals surface area (Å²) in [5.74, 6) is 0.262. The van der Waals surface area contributed by atoms with Gasteiger partial charge in [0.2, 0.25) is 0 Å². The molecule has 1 heterocycles. The predicted molar refractivity (Wildman–Crippen MR) is 78.8 cm³/mol. The fourth-order valence-electron chi connectivity index (χ4n) is 2.54. The van der Waals surface area contributed by atoms with E-state index in [-0.39, 0.29) is 6.61 Å². The summed E-state index contributed by atoms with van der Waals surface area (Å²) in [7, 11) is 0. The molecule has 2 aromatic rings. The van der Waals surface area contributed by atoms with Crippen molar-refractivity contribution < 1.29 is 19.7 Å². The molecule has 3 rings (SSSR count). The number of aromatic nitrogens is 1. The normalized spacial score (nSPS) is 16.1. The highest BCUT2D eigenvalue weighted by Gasteiger charge is 2.26. The van der Waals surface area contributed by atoms with E-state index in [4.69, 9.17) is 4.74 Å². The minimum atomic E-state index is -0.923. The topological polar surface area (TPSA) is 71.7 Å². The maximum Gasteiger partial charge on any atom is 0.352 e. The summed E-state index contributed by atoms with van der Waals surface area (Å²) in [6.45, 7) is 2.56. The van der Waals surface area contributed by atoms with Gasteiger partial charge in [-0.3, -0.25) is 0 Å². The lowest BCUT2D eigenvalue weighted by Crippen LogP contribution is -2.14. The van der Waals surface area contributed by atoms with E-state index < -0.39 is 12.1 Å². The number of hydrogen-bond donors (Lipinski definition) is 2. The van der Waals surface area contributed by atoms with Crippen molar-refractivity contribution in [3.05, 3.63) is 30.0 Å². The molecule has 1 unspecified atom stereocenters. The first kappa shape index (κ1) is 13.9. The van der Waals surface area contributed by atoms with Gasteiger partial charge in [0.25, 0.3) is 0 Å². The first-order valence-electron chi connectivity index (χ1n) is 7.22. The zero-order chi connectivity index (χ0) is 15.0. The summed E-state index contributed by atoms with van der Waals surface area (Å²) >= 11 is 0. The third-order valence-corrected chi connectivity index (χ3v) is 3.72. The maximum atomic E-state index is 11.5. The Labute approximate surface area is 122 Å². The number of nitrogens with zero attached hydrogens (tertiary/aromatic N) is 1. The summed E-state index contributed by atoms with van der Waals surface area (Å²) in [5.41, 5.74) is 1.10. The smallest absolute Gasteiger partial charge is 0.352 e. The molecule has 0 bridgehead atoms. The highest BCUT2D eigenvalue weighted by molar-refractivity contribution is 5.96. The predicted octanol–water partition coefficient (Wildman–Crippen LogP) is 2.51. The van der Waals surface area contributed by atoms with E-state index in [9.17, 15) is 15.0 Å². The van der Waals surface area contributed by atoms with E-state index >= 15 is 0 Å². The molecule has 0 amide bonds. The van der Waals surface area contributed by atoms with Crippen LogP contribution < -0.4 is 4.74 Å². The highest BCUT2D eigenvalue weighted by atomic mass is 16.5. The number of aromatic carboxylic acids is 1. The zero-order valence-corrected chi connectivity index (χ0v) is 12.0. The van der Waals surface area contributed by atoms with Crippen molar-refractivity contribution in [1.29, 1.82) is 0 Å². The molecule has 112 valence electrons. The zero-order valence-electron chi connectivity index (χ0n) is 12.0. The standard InChI is InChI=1S/C16H19NO4/c1-10(18)9-21-14-4-2-3-12-7-13(16(19)20)17(15(12)14)8-11-5-6-11/h2-4,7,10-11,18H,5-6,8-9H2,1H3,(H,19,20). The maximum absolute atomic E-state index is 11.5. The molecule has 0 aliphatic heterocycles. The molecule has 5 heteroatoms. The molecular formula is C16H19NO4. The number of fused-ring (bicyclic) bond motifs is 1. The number of aliphatic hydroxyl groups is 1. The van der Waals surface area contributed by atoms with E-state index in [1.165, 1.54) is 0 Å². The number of aliphatic hydroxyl groups excluding tert-OH is 1. The van der Waals surface area contributed by atoms with Gasteiger partial charge in [-0.15, -0.1) is 0 Å². The molecule has 5 nitrogen and oxygen atoms in total. The van der Waals surface area contributed by atoms with Crippen LogP contribution in [0.15, 0.2) is 24.3 Å². The average Bonchev–Trinajstić information content (AvgIpc) is 3.16. The second-order valence-electron chi connectivity index (χ2n) is 5.74. The van der Waals surface area contributed by atoms with Crippen LogP contribution in [-0.4, -0.2) is 33.5 Å². The third-order valence-electron chi connectivity index (χ3n) is 3.72. The summed E-state index contributed by atoms with van der Waals surface area (Å²) in [6, 6.07) is 7.24. The Morgan fingerprint density at radius 3 is 2.86 bits per heavy atom. The minimum Gasteiger partial charge on any atom is -0.489 e. The van der Waals surface area contributed by atoms with E-state index in [0.29, 0.717) is 23.9 Å². The number of carboxylic acid groups (broad SMARTS) is 1. The number of hydrogen-bond acceptors (Lipinski definition) is 3. The number of benzene rings is 1. The molecule has 1 aliphatic carbocycles. The largest absolute Gasteiger partial charge is 0.489 e. The Bertz CT molecular complexity index is 670. The van der Waals surface area contributed by atoms with Crippen LogP contribution in [0.2, 0.25) is 0 Å². The van der Waals surface area contributed by atoms with Crippen LogP contribution in [0.1, 0.15) is 30.3 Å². The summed E-state index contributed by atoms with van der Waals surface area (Å²) < 4.78 is 7.49. The van der Waals surface area contributed by atoms with Crippen LogP contribution >= 0.6 is 0 Å². The molecule has 0 saturated heterocycles. The van der Waals surface area contributed by atoms with Crippen LogP contribution in [0.25, 0.3) is 10.9 Å². The van der Waals surface area contributed by atoms with Gasteiger partial charge in [0.15, 0.2) is 0 Å². The van der Waals surface area contributed by atoms with E-state index in [2.05, 4.69) is 0 Å². The Kier molecular flexibility index (Phi) is 3.59. The van der Waals surface area contributed by atoms with Crippen LogP contribution in [0.4, 0.5) is 0 Å². The van der Waals surface area contributed by atoms with Gasteiger partial charge in [-0.1, -0.05) is 12.1 Å². The van der Waals surface area contributed by atoms with E-state index in [0.717, 1.165) is 23.7 Å².